The highest BCUT2D eigenvalue weighted by molar-refractivity contribution is 6.31. The quantitative estimate of drug-likeness (QED) is 0.629. The summed E-state index contributed by atoms with van der Waals surface area (Å²) in [6, 6.07) is 4.23. The molecular weight excluding hydrogens is 268 g/mol. The van der Waals surface area contributed by atoms with Gasteiger partial charge in [-0.1, -0.05) is 11.6 Å². The van der Waals surface area contributed by atoms with Gasteiger partial charge in [-0.15, -0.1) is 0 Å². The molecule has 0 radical (unpaired) electrons. The monoisotopic (exact) mass is 282 g/mol. The number of amides is 1. The van der Waals surface area contributed by atoms with Crippen molar-refractivity contribution < 1.29 is 9.72 Å². The number of nitro groups is 1. The van der Waals surface area contributed by atoms with Gasteiger partial charge in [0.05, 0.1) is 4.92 Å². The Kier molecular flexibility index (Phi) is 3.75. The smallest absolute Gasteiger partial charge is 0.283 e. The average Bonchev–Trinajstić information content (AvgIpc) is 3.20. The minimum atomic E-state index is -0.575. The third-order valence-electron chi connectivity index (χ3n) is 3.62. The molecule has 1 fully saturated rings. The van der Waals surface area contributed by atoms with E-state index in [4.69, 9.17) is 11.6 Å². The molecule has 1 aliphatic carbocycles. The number of hydrogen-bond donors (Lipinski definition) is 0. The molecule has 0 aromatic heterocycles. The molecule has 0 aliphatic heterocycles. The lowest BCUT2D eigenvalue weighted by molar-refractivity contribution is -0.385. The van der Waals surface area contributed by atoms with Gasteiger partial charge in [0, 0.05) is 24.2 Å². The van der Waals surface area contributed by atoms with Crippen LogP contribution in [-0.2, 0) is 0 Å². The first-order valence-electron chi connectivity index (χ1n) is 6.13. The van der Waals surface area contributed by atoms with Gasteiger partial charge in [-0.3, -0.25) is 14.9 Å². The summed E-state index contributed by atoms with van der Waals surface area (Å²) >= 11 is 5.74. The standard InChI is InChI=1S/C13H15ClN2O3/c1-8(9-3-4-9)15(2)13(17)11-6-5-10(14)7-12(11)16(18)19/h5-9H,3-4H2,1-2H3. The lowest BCUT2D eigenvalue weighted by atomic mass is 10.1. The van der Waals surface area contributed by atoms with Crippen molar-refractivity contribution in [2.45, 2.75) is 25.8 Å². The molecule has 0 N–H and O–H groups in total. The number of halogens is 1. The maximum Gasteiger partial charge on any atom is 0.283 e. The van der Waals surface area contributed by atoms with E-state index in [1.165, 1.54) is 18.2 Å². The van der Waals surface area contributed by atoms with Crippen LogP contribution in [0.2, 0.25) is 5.02 Å². The highest BCUT2D eigenvalue weighted by Crippen LogP contribution is 2.35. The number of carbonyl (C=O) groups is 1. The topological polar surface area (TPSA) is 63.5 Å². The molecule has 1 aromatic rings. The number of hydrogen-bond acceptors (Lipinski definition) is 3. The highest BCUT2D eigenvalue weighted by Gasteiger charge is 2.34. The maximum atomic E-state index is 12.3. The molecule has 0 heterocycles. The first-order valence-corrected chi connectivity index (χ1v) is 6.50. The number of carbonyl (C=O) groups excluding carboxylic acids is 1. The lowest BCUT2D eigenvalue weighted by Gasteiger charge is -2.24. The van der Waals surface area contributed by atoms with Gasteiger partial charge in [-0.05, 0) is 37.8 Å². The van der Waals surface area contributed by atoms with Gasteiger partial charge in [0.2, 0.25) is 0 Å². The predicted molar refractivity (Wildman–Crippen MR) is 72.4 cm³/mol. The van der Waals surface area contributed by atoms with E-state index in [0.717, 1.165) is 12.8 Å². The SMILES string of the molecule is CC(C1CC1)N(C)C(=O)c1ccc(Cl)cc1[N+](=O)[O-]. The number of nitrogens with zero attached hydrogens (tertiary/aromatic N) is 2. The van der Waals surface area contributed by atoms with Crippen molar-refractivity contribution in [2.75, 3.05) is 7.05 Å². The lowest BCUT2D eigenvalue weighted by Crippen LogP contribution is -2.36. The molecule has 1 unspecified atom stereocenters. The summed E-state index contributed by atoms with van der Waals surface area (Å²) in [5.41, 5.74) is -0.156. The van der Waals surface area contributed by atoms with Crippen molar-refractivity contribution in [3.63, 3.8) is 0 Å². The second-order valence-electron chi connectivity index (χ2n) is 4.91. The highest BCUT2D eigenvalue weighted by atomic mass is 35.5. The zero-order valence-corrected chi connectivity index (χ0v) is 11.6. The summed E-state index contributed by atoms with van der Waals surface area (Å²) in [5.74, 6) is 0.183. The minimum Gasteiger partial charge on any atom is -0.339 e. The minimum absolute atomic E-state index is 0.0874. The maximum absolute atomic E-state index is 12.3. The fourth-order valence-electron chi connectivity index (χ4n) is 2.11. The molecule has 2 rings (SSSR count). The fourth-order valence-corrected chi connectivity index (χ4v) is 2.27. The van der Waals surface area contributed by atoms with Crippen LogP contribution in [0.15, 0.2) is 18.2 Å². The molecule has 19 heavy (non-hydrogen) atoms. The Balaban J connectivity index is 2.29. The molecule has 0 bridgehead atoms. The van der Waals surface area contributed by atoms with E-state index >= 15 is 0 Å². The van der Waals surface area contributed by atoms with E-state index in [0.29, 0.717) is 5.92 Å². The molecule has 1 saturated carbocycles. The number of rotatable bonds is 4. The van der Waals surface area contributed by atoms with Gasteiger partial charge in [0.1, 0.15) is 5.56 Å². The third kappa shape index (κ3) is 2.87. The van der Waals surface area contributed by atoms with Gasteiger partial charge in [-0.25, -0.2) is 0 Å². The zero-order valence-electron chi connectivity index (χ0n) is 10.8. The second-order valence-corrected chi connectivity index (χ2v) is 5.35. The molecular formula is C13H15ClN2O3. The summed E-state index contributed by atoms with van der Waals surface area (Å²) in [4.78, 5) is 24.3. The van der Waals surface area contributed by atoms with Crippen LogP contribution in [0.5, 0.6) is 0 Å². The van der Waals surface area contributed by atoms with Crippen LogP contribution in [0.4, 0.5) is 5.69 Å². The normalized spacial score (nSPS) is 15.9. The van der Waals surface area contributed by atoms with Crippen molar-refractivity contribution in [3.8, 4) is 0 Å². The van der Waals surface area contributed by atoms with Gasteiger partial charge in [-0.2, -0.15) is 0 Å². The summed E-state index contributed by atoms with van der Waals surface area (Å²) in [7, 11) is 1.68. The molecule has 1 aromatic carbocycles. The number of benzene rings is 1. The van der Waals surface area contributed by atoms with E-state index in [-0.39, 0.29) is 28.2 Å². The Morgan fingerprint density at radius 1 is 1.53 bits per heavy atom. The van der Waals surface area contributed by atoms with Crippen molar-refractivity contribution in [2.24, 2.45) is 5.92 Å². The Hall–Kier alpha value is -1.62. The van der Waals surface area contributed by atoms with Gasteiger partial charge in [0.15, 0.2) is 0 Å². The molecule has 0 saturated heterocycles. The first kappa shape index (κ1) is 13.8. The van der Waals surface area contributed by atoms with Gasteiger partial charge in [0.25, 0.3) is 11.6 Å². The van der Waals surface area contributed by atoms with Crippen molar-refractivity contribution in [1.82, 2.24) is 4.90 Å². The Morgan fingerprint density at radius 2 is 2.16 bits per heavy atom. The molecule has 5 nitrogen and oxygen atoms in total. The summed E-state index contributed by atoms with van der Waals surface area (Å²) in [6.07, 6.45) is 2.23. The van der Waals surface area contributed by atoms with Crippen LogP contribution in [0.3, 0.4) is 0 Å². The summed E-state index contributed by atoms with van der Waals surface area (Å²) in [6.45, 7) is 1.97. The molecule has 1 amide bonds. The zero-order chi connectivity index (χ0) is 14.2. The summed E-state index contributed by atoms with van der Waals surface area (Å²) < 4.78 is 0. The van der Waals surface area contributed by atoms with E-state index < -0.39 is 4.92 Å². The third-order valence-corrected chi connectivity index (χ3v) is 3.86. The Labute approximate surface area is 116 Å². The van der Waals surface area contributed by atoms with Crippen LogP contribution < -0.4 is 0 Å². The predicted octanol–water partition coefficient (Wildman–Crippen LogP) is 3.12. The average molecular weight is 283 g/mol. The summed E-state index contributed by atoms with van der Waals surface area (Å²) in [5, 5.41) is 11.2. The molecule has 1 atom stereocenters. The van der Waals surface area contributed by atoms with E-state index in [1.807, 2.05) is 6.92 Å². The van der Waals surface area contributed by atoms with Crippen molar-refractivity contribution in [1.29, 1.82) is 0 Å². The largest absolute Gasteiger partial charge is 0.339 e. The van der Waals surface area contributed by atoms with Crippen LogP contribution >= 0.6 is 11.6 Å². The molecule has 102 valence electrons. The Morgan fingerprint density at radius 3 is 2.68 bits per heavy atom. The second kappa shape index (κ2) is 5.17. The molecule has 6 heteroatoms. The van der Waals surface area contributed by atoms with E-state index in [9.17, 15) is 14.9 Å². The van der Waals surface area contributed by atoms with Gasteiger partial charge < -0.3 is 4.90 Å². The van der Waals surface area contributed by atoms with Crippen molar-refractivity contribution >= 4 is 23.2 Å². The van der Waals surface area contributed by atoms with Gasteiger partial charge >= 0.3 is 0 Å². The Bertz CT molecular complexity index is 529. The van der Waals surface area contributed by atoms with Crippen LogP contribution in [0, 0.1) is 16.0 Å². The first-order chi connectivity index (χ1) is 8.91. The van der Waals surface area contributed by atoms with Crippen LogP contribution in [0.25, 0.3) is 0 Å². The molecule has 1 aliphatic rings. The number of nitro benzene ring substituents is 1. The molecule has 0 spiro atoms. The van der Waals surface area contributed by atoms with E-state index in [2.05, 4.69) is 0 Å². The van der Waals surface area contributed by atoms with E-state index in [1.54, 1.807) is 11.9 Å². The van der Waals surface area contributed by atoms with Crippen LogP contribution in [0.1, 0.15) is 30.1 Å². The van der Waals surface area contributed by atoms with Crippen LogP contribution in [-0.4, -0.2) is 28.8 Å². The van der Waals surface area contributed by atoms with Crippen molar-refractivity contribution in [3.05, 3.63) is 38.9 Å². The fraction of sp³-hybridized carbons (Fsp3) is 0.462.